The highest BCUT2D eigenvalue weighted by Gasteiger charge is 2.26. The molecule has 0 heterocycles. The van der Waals surface area contributed by atoms with Gasteiger partial charge in [0, 0.05) is 6.54 Å². The van der Waals surface area contributed by atoms with E-state index in [-0.39, 0.29) is 18.2 Å². The molecule has 0 bridgehead atoms. The molecule has 1 aliphatic carbocycles. The first kappa shape index (κ1) is 13.9. The van der Waals surface area contributed by atoms with Gasteiger partial charge in [-0.05, 0) is 37.7 Å². The molecule has 104 valence electrons. The predicted octanol–water partition coefficient (Wildman–Crippen LogP) is 1.83. The van der Waals surface area contributed by atoms with Crippen molar-refractivity contribution < 1.29 is 9.90 Å². The van der Waals surface area contributed by atoms with E-state index >= 15 is 0 Å². The normalized spacial score (nSPS) is 22.2. The number of aliphatic hydroxyl groups is 1. The second-order valence-corrected chi connectivity index (χ2v) is 5.09. The molecule has 1 aromatic carbocycles. The van der Waals surface area contributed by atoms with Crippen molar-refractivity contribution >= 4 is 6.03 Å². The fourth-order valence-electron chi connectivity index (χ4n) is 2.47. The number of benzene rings is 1. The summed E-state index contributed by atoms with van der Waals surface area (Å²) < 4.78 is 0. The second-order valence-electron chi connectivity index (χ2n) is 5.09. The average molecular weight is 262 g/mol. The maximum Gasteiger partial charge on any atom is 0.315 e. The van der Waals surface area contributed by atoms with Crippen LogP contribution in [-0.2, 0) is 6.42 Å². The number of nitrogens with one attached hydrogen (secondary N) is 2. The van der Waals surface area contributed by atoms with Crippen molar-refractivity contribution in [2.45, 2.75) is 44.2 Å². The largest absolute Gasteiger partial charge is 0.391 e. The Kier molecular flexibility index (Phi) is 5.21. The van der Waals surface area contributed by atoms with Gasteiger partial charge in [0.15, 0.2) is 0 Å². The van der Waals surface area contributed by atoms with Gasteiger partial charge in [0.2, 0.25) is 0 Å². The number of carbonyl (C=O) groups excluding carboxylic acids is 1. The molecule has 1 aromatic rings. The summed E-state index contributed by atoms with van der Waals surface area (Å²) >= 11 is 0. The maximum absolute atomic E-state index is 11.6. The summed E-state index contributed by atoms with van der Waals surface area (Å²) in [5, 5.41) is 15.3. The quantitative estimate of drug-likeness (QED) is 0.709. The van der Waals surface area contributed by atoms with Gasteiger partial charge in [-0.1, -0.05) is 30.3 Å². The Labute approximate surface area is 114 Å². The molecule has 2 rings (SSSR count). The molecule has 4 nitrogen and oxygen atoms in total. The van der Waals surface area contributed by atoms with Crippen molar-refractivity contribution in [3.05, 3.63) is 35.9 Å². The Balaban J connectivity index is 1.59. The number of urea groups is 1. The Hall–Kier alpha value is -1.55. The lowest BCUT2D eigenvalue weighted by molar-refractivity contribution is 0.149. The summed E-state index contributed by atoms with van der Waals surface area (Å²) in [5.41, 5.74) is 1.29. The van der Waals surface area contributed by atoms with Crippen LogP contribution in [0.2, 0.25) is 0 Å². The molecule has 2 unspecified atom stereocenters. The van der Waals surface area contributed by atoms with Gasteiger partial charge in [-0.15, -0.1) is 0 Å². The number of hydrogen-bond donors (Lipinski definition) is 3. The molecule has 2 amide bonds. The molecular formula is C15H22N2O2. The van der Waals surface area contributed by atoms with E-state index in [1.165, 1.54) is 5.56 Å². The van der Waals surface area contributed by atoms with Gasteiger partial charge in [0.05, 0.1) is 12.1 Å². The molecule has 1 aliphatic rings. The maximum atomic E-state index is 11.6. The van der Waals surface area contributed by atoms with Crippen LogP contribution in [0.3, 0.4) is 0 Å². The average Bonchev–Trinajstić information content (AvgIpc) is 2.82. The summed E-state index contributed by atoms with van der Waals surface area (Å²) in [6.45, 7) is 0.656. The van der Waals surface area contributed by atoms with Crippen LogP contribution in [0.4, 0.5) is 4.79 Å². The molecule has 4 heteroatoms. The lowest BCUT2D eigenvalue weighted by Crippen LogP contribution is -2.45. The van der Waals surface area contributed by atoms with Crippen LogP contribution in [0.25, 0.3) is 0 Å². The first-order valence-corrected chi connectivity index (χ1v) is 7.02. The zero-order valence-corrected chi connectivity index (χ0v) is 11.1. The lowest BCUT2D eigenvalue weighted by atomic mass is 10.1. The minimum atomic E-state index is -0.380. The molecule has 0 saturated heterocycles. The Morgan fingerprint density at radius 1 is 1.26 bits per heavy atom. The number of aliphatic hydroxyl groups excluding tert-OH is 1. The van der Waals surface area contributed by atoms with E-state index in [4.69, 9.17) is 0 Å². The Morgan fingerprint density at radius 3 is 2.74 bits per heavy atom. The van der Waals surface area contributed by atoms with Crippen molar-refractivity contribution in [1.82, 2.24) is 10.6 Å². The number of carbonyl (C=O) groups is 1. The summed E-state index contributed by atoms with van der Waals surface area (Å²) in [6.07, 6.45) is 4.16. The van der Waals surface area contributed by atoms with Gasteiger partial charge in [0.25, 0.3) is 0 Å². The predicted molar refractivity (Wildman–Crippen MR) is 74.9 cm³/mol. The van der Waals surface area contributed by atoms with Gasteiger partial charge < -0.3 is 15.7 Å². The molecule has 0 aromatic heterocycles. The van der Waals surface area contributed by atoms with Crippen LogP contribution in [-0.4, -0.2) is 29.8 Å². The van der Waals surface area contributed by atoms with Gasteiger partial charge >= 0.3 is 6.03 Å². The van der Waals surface area contributed by atoms with E-state index in [1.54, 1.807) is 0 Å². The number of amides is 2. The molecule has 19 heavy (non-hydrogen) atoms. The smallest absolute Gasteiger partial charge is 0.315 e. The topological polar surface area (TPSA) is 61.4 Å². The fraction of sp³-hybridized carbons (Fsp3) is 0.533. The first-order chi connectivity index (χ1) is 9.25. The number of rotatable bonds is 5. The molecule has 0 radical (unpaired) electrons. The van der Waals surface area contributed by atoms with Crippen molar-refractivity contribution in [1.29, 1.82) is 0 Å². The van der Waals surface area contributed by atoms with E-state index in [2.05, 4.69) is 22.8 Å². The van der Waals surface area contributed by atoms with Crippen LogP contribution in [0.5, 0.6) is 0 Å². The highest BCUT2D eigenvalue weighted by molar-refractivity contribution is 5.74. The Morgan fingerprint density at radius 2 is 2.05 bits per heavy atom. The highest BCUT2D eigenvalue weighted by atomic mass is 16.3. The van der Waals surface area contributed by atoms with Crippen LogP contribution in [0.1, 0.15) is 31.2 Å². The Bertz CT molecular complexity index is 394. The standard InChI is InChI=1S/C15H22N2O2/c18-14-10-4-9-13(14)17-15(19)16-11-5-8-12-6-2-1-3-7-12/h1-3,6-7,13-14,18H,4-5,8-11H2,(H2,16,17,19). The minimum Gasteiger partial charge on any atom is -0.391 e. The molecule has 0 spiro atoms. The van der Waals surface area contributed by atoms with Crippen LogP contribution in [0, 0.1) is 0 Å². The summed E-state index contributed by atoms with van der Waals surface area (Å²) in [7, 11) is 0. The first-order valence-electron chi connectivity index (χ1n) is 7.02. The van der Waals surface area contributed by atoms with E-state index in [9.17, 15) is 9.90 Å². The van der Waals surface area contributed by atoms with Crippen LogP contribution in [0.15, 0.2) is 30.3 Å². The molecule has 1 saturated carbocycles. The summed E-state index contributed by atoms with van der Waals surface area (Å²) in [4.78, 5) is 11.6. The molecule has 3 N–H and O–H groups in total. The molecule has 2 atom stereocenters. The zero-order chi connectivity index (χ0) is 13.5. The van der Waals surface area contributed by atoms with E-state index in [0.717, 1.165) is 32.1 Å². The second kappa shape index (κ2) is 7.14. The van der Waals surface area contributed by atoms with Crippen LogP contribution >= 0.6 is 0 Å². The zero-order valence-electron chi connectivity index (χ0n) is 11.1. The van der Waals surface area contributed by atoms with E-state index in [0.29, 0.717) is 6.54 Å². The van der Waals surface area contributed by atoms with E-state index < -0.39 is 0 Å². The van der Waals surface area contributed by atoms with Gasteiger partial charge in [0.1, 0.15) is 0 Å². The van der Waals surface area contributed by atoms with Crippen molar-refractivity contribution in [2.24, 2.45) is 0 Å². The number of hydrogen-bond acceptors (Lipinski definition) is 2. The van der Waals surface area contributed by atoms with Crippen molar-refractivity contribution in [2.75, 3.05) is 6.54 Å². The highest BCUT2D eigenvalue weighted by Crippen LogP contribution is 2.18. The van der Waals surface area contributed by atoms with Gasteiger partial charge in [-0.25, -0.2) is 4.79 Å². The molecule has 0 aliphatic heterocycles. The lowest BCUT2D eigenvalue weighted by Gasteiger charge is -2.16. The minimum absolute atomic E-state index is 0.0749. The third-order valence-electron chi connectivity index (χ3n) is 3.57. The van der Waals surface area contributed by atoms with Crippen molar-refractivity contribution in [3.63, 3.8) is 0 Å². The third-order valence-corrected chi connectivity index (χ3v) is 3.57. The summed E-state index contributed by atoms with van der Waals surface area (Å²) in [6, 6.07) is 9.99. The fourth-order valence-corrected chi connectivity index (χ4v) is 2.47. The number of aryl methyl sites for hydroxylation is 1. The monoisotopic (exact) mass is 262 g/mol. The molecular weight excluding hydrogens is 240 g/mol. The molecule has 1 fully saturated rings. The summed E-state index contributed by atoms with van der Waals surface area (Å²) in [5.74, 6) is 0. The van der Waals surface area contributed by atoms with Crippen molar-refractivity contribution in [3.8, 4) is 0 Å². The van der Waals surface area contributed by atoms with Gasteiger partial charge in [-0.2, -0.15) is 0 Å². The van der Waals surface area contributed by atoms with E-state index in [1.807, 2.05) is 18.2 Å². The third kappa shape index (κ3) is 4.56. The SMILES string of the molecule is O=C(NCCCc1ccccc1)NC1CCCC1O. The van der Waals surface area contributed by atoms with Gasteiger partial charge in [-0.3, -0.25) is 0 Å². The van der Waals surface area contributed by atoms with Crippen LogP contribution < -0.4 is 10.6 Å².